The highest BCUT2D eigenvalue weighted by molar-refractivity contribution is 5.66. The predicted molar refractivity (Wildman–Crippen MR) is 51.8 cm³/mol. The van der Waals surface area contributed by atoms with E-state index in [9.17, 15) is 4.79 Å². The summed E-state index contributed by atoms with van der Waals surface area (Å²) < 4.78 is 5.10. The molecule has 3 heteroatoms. The van der Waals surface area contributed by atoms with Crippen molar-refractivity contribution in [1.29, 1.82) is 0 Å². The molecule has 0 aromatic carbocycles. The average molecular weight is 188 g/mol. The Morgan fingerprint density at radius 2 is 1.92 bits per heavy atom. The zero-order chi connectivity index (χ0) is 10.1. The molecule has 0 aliphatic heterocycles. The van der Waals surface area contributed by atoms with E-state index in [4.69, 9.17) is 9.84 Å². The summed E-state index contributed by atoms with van der Waals surface area (Å²) in [4.78, 5) is 10.2. The number of ether oxygens (including phenoxy) is 1. The lowest BCUT2D eigenvalue weighted by Gasteiger charge is -2.07. The molecule has 78 valence electrons. The van der Waals surface area contributed by atoms with Crippen LogP contribution in [0.2, 0.25) is 0 Å². The van der Waals surface area contributed by atoms with Gasteiger partial charge < -0.3 is 9.84 Å². The van der Waals surface area contributed by atoms with E-state index in [1.54, 1.807) is 7.11 Å². The van der Waals surface area contributed by atoms with Crippen molar-refractivity contribution in [3.05, 3.63) is 0 Å². The lowest BCUT2D eigenvalue weighted by molar-refractivity contribution is -0.137. The van der Waals surface area contributed by atoms with Crippen molar-refractivity contribution in [3.63, 3.8) is 0 Å². The highest BCUT2D eigenvalue weighted by atomic mass is 16.5. The van der Waals surface area contributed by atoms with Gasteiger partial charge in [0, 0.05) is 13.5 Å². The van der Waals surface area contributed by atoms with Crippen LogP contribution in [0, 0.1) is 0 Å². The fourth-order valence-electron chi connectivity index (χ4n) is 1.18. The largest absolute Gasteiger partial charge is 0.481 e. The van der Waals surface area contributed by atoms with Crippen LogP contribution < -0.4 is 0 Å². The van der Waals surface area contributed by atoms with Crippen molar-refractivity contribution >= 4 is 5.97 Å². The third-order valence-corrected chi connectivity index (χ3v) is 2.15. The molecule has 0 spiro atoms. The Morgan fingerprint density at radius 3 is 2.46 bits per heavy atom. The molecule has 13 heavy (non-hydrogen) atoms. The van der Waals surface area contributed by atoms with Crippen LogP contribution in [-0.2, 0) is 9.53 Å². The van der Waals surface area contributed by atoms with Gasteiger partial charge in [-0.1, -0.05) is 19.3 Å². The molecular weight excluding hydrogens is 168 g/mol. The predicted octanol–water partition coefficient (Wildman–Crippen LogP) is 2.45. The molecule has 0 aromatic heterocycles. The molecule has 0 saturated carbocycles. The van der Waals surface area contributed by atoms with Crippen molar-refractivity contribution in [2.24, 2.45) is 0 Å². The molecule has 0 rings (SSSR count). The first-order valence-electron chi connectivity index (χ1n) is 4.91. The zero-order valence-corrected chi connectivity index (χ0v) is 8.58. The second-order valence-corrected chi connectivity index (χ2v) is 3.39. The number of hydrogen-bond donors (Lipinski definition) is 1. The molecule has 0 saturated heterocycles. The van der Waals surface area contributed by atoms with Gasteiger partial charge in [-0.2, -0.15) is 0 Å². The van der Waals surface area contributed by atoms with Crippen LogP contribution in [0.4, 0.5) is 0 Å². The number of carbonyl (C=O) groups is 1. The third kappa shape index (κ3) is 9.34. The summed E-state index contributed by atoms with van der Waals surface area (Å²) >= 11 is 0. The topological polar surface area (TPSA) is 46.5 Å². The van der Waals surface area contributed by atoms with E-state index in [1.807, 2.05) is 0 Å². The van der Waals surface area contributed by atoms with E-state index in [2.05, 4.69) is 6.92 Å². The van der Waals surface area contributed by atoms with E-state index < -0.39 is 5.97 Å². The quantitative estimate of drug-likeness (QED) is 0.595. The van der Waals surface area contributed by atoms with Crippen molar-refractivity contribution in [1.82, 2.24) is 0 Å². The number of methoxy groups -OCH3 is 1. The number of aliphatic carboxylic acids is 1. The molecular formula is C10H20O3. The van der Waals surface area contributed by atoms with Gasteiger partial charge in [-0.25, -0.2) is 0 Å². The van der Waals surface area contributed by atoms with Gasteiger partial charge in [0.2, 0.25) is 0 Å². The summed E-state index contributed by atoms with van der Waals surface area (Å²) in [6.07, 6.45) is 5.78. The molecule has 1 N–H and O–H groups in total. The Balaban J connectivity index is 3.04. The van der Waals surface area contributed by atoms with Crippen LogP contribution in [0.25, 0.3) is 0 Å². The van der Waals surface area contributed by atoms with E-state index >= 15 is 0 Å². The number of hydrogen-bond acceptors (Lipinski definition) is 2. The van der Waals surface area contributed by atoms with Gasteiger partial charge in [0.1, 0.15) is 0 Å². The minimum Gasteiger partial charge on any atom is -0.481 e. The van der Waals surface area contributed by atoms with Crippen molar-refractivity contribution in [3.8, 4) is 0 Å². The summed E-state index contributed by atoms with van der Waals surface area (Å²) in [5, 5.41) is 8.38. The Hall–Kier alpha value is -0.570. The lowest BCUT2D eigenvalue weighted by atomic mass is 10.1. The fourth-order valence-corrected chi connectivity index (χ4v) is 1.18. The Bertz CT molecular complexity index is 134. The average Bonchev–Trinajstić information content (AvgIpc) is 2.10. The first kappa shape index (κ1) is 12.4. The summed E-state index contributed by atoms with van der Waals surface area (Å²) in [7, 11) is 1.72. The Kier molecular flexibility index (Phi) is 7.69. The maximum atomic E-state index is 10.2. The second-order valence-electron chi connectivity index (χ2n) is 3.39. The molecule has 0 radical (unpaired) electrons. The highest BCUT2D eigenvalue weighted by Gasteiger charge is 1.99. The molecule has 0 aliphatic rings. The van der Waals surface area contributed by atoms with E-state index in [0.717, 1.165) is 32.1 Å². The van der Waals surface area contributed by atoms with Gasteiger partial charge >= 0.3 is 5.97 Å². The van der Waals surface area contributed by atoms with Gasteiger partial charge in [0.05, 0.1) is 6.10 Å². The van der Waals surface area contributed by atoms with E-state index in [-0.39, 0.29) is 0 Å². The molecule has 1 unspecified atom stereocenters. The van der Waals surface area contributed by atoms with Crippen molar-refractivity contribution in [2.45, 2.75) is 51.6 Å². The normalized spacial score (nSPS) is 12.8. The van der Waals surface area contributed by atoms with Crippen LogP contribution in [-0.4, -0.2) is 24.3 Å². The van der Waals surface area contributed by atoms with Crippen LogP contribution in [0.1, 0.15) is 45.4 Å². The second kappa shape index (κ2) is 8.05. The Morgan fingerprint density at radius 1 is 1.31 bits per heavy atom. The zero-order valence-electron chi connectivity index (χ0n) is 8.58. The standard InChI is InChI=1S/C10H20O3/c1-9(13-2)7-5-3-4-6-8-10(11)12/h9H,3-8H2,1-2H3,(H,11,12). The first-order valence-corrected chi connectivity index (χ1v) is 4.91. The number of carboxylic acid groups (broad SMARTS) is 1. The van der Waals surface area contributed by atoms with E-state index in [1.165, 1.54) is 0 Å². The van der Waals surface area contributed by atoms with Gasteiger partial charge in [0.25, 0.3) is 0 Å². The minimum absolute atomic E-state index is 0.305. The molecule has 0 amide bonds. The molecule has 3 nitrogen and oxygen atoms in total. The van der Waals surface area contributed by atoms with Gasteiger partial charge in [-0.15, -0.1) is 0 Å². The maximum absolute atomic E-state index is 10.2. The number of rotatable bonds is 8. The molecule has 0 fully saturated rings. The molecule has 1 atom stereocenters. The lowest BCUT2D eigenvalue weighted by Crippen LogP contribution is -2.03. The summed E-state index contributed by atoms with van der Waals surface area (Å²) in [6, 6.07) is 0. The van der Waals surface area contributed by atoms with Crippen LogP contribution in [0.5, 0.6) is 0 Å². The first-order chi connectivity index (χ1) is 6.16. The summed E-state index contributed by atoms with van der Waals surface area (Å²) in [6.45, 7) is 2.05. The van der Waals surface area contributed by atoms with Gasteiger partial charge in [0.15, 0.2) is 0 Å². The van der Waals surface area contributed by atoms with Crippen LogP contribution in [0.3, 0.4) is 0 Å². The molecule has 0 aliphatic carbocycles. The summed E-state index contributed by atoms with van der Waals surface area (Å²) in [5.41, 5.74) is 0. The third-order valence-electron chi connectivity index (χ3n) is 2.15. The maximum Gasteiger partial charge on any atom is 0.303 e. The fraction of sp³-hybridized carbons (Fsp3) is 0.900. The van der Waals surface area contributed by atoms with Crippen LogP contribution in [0.15, 0.2) is 0 Å². The number of carboxylic acids is 1. The smallest absolute Gasteiger partial charge is 0.303 e. The Labute approximate surface area is 80.1 Å². The summed E-state index contributed by atoms with van der Waals surface area (Å²) in [5.74, 6) is -0.690. The molecule has 0 bridgehead atoms. The highest BCUT2D eigenvalue weighted by Crippen LogP contribution is 2.08. The van der Waals surface area contributed by atoms with Crippen molar-refractivity contribution < 1.29 is 14.6 Å². The monoisotopic (exact) mass is 188 g/mol. The van der Waals surface area contributed by atoms with Crippen molar-refractivity contribution in [2.75, 3.05) is 7.11 Å². The SMILES string of the molecule is COC(C)CCCCCCC(=O)O. The molecule has 0 heterocycles. The van der Waals surface area contributed by atoms with E-state index in [0.29, 0.717) is 12.5 Å². The van der Waals surface area contributed by atoms with Gasteiger partial charge in [-0.05, 0) is 19.8 Å². The van der Waals surface area contributed by atoms with Gasteiger partial charge in [-0.3, -0.25) is 4.79 Å². The molecule has 0 aromatic rings. The number of unbranched alkanes of at least 4 members (excludes halogenated alkanes) is 3. The minimum atomic E-state index is -0.690. The van der Waals surface area contributed by atoms with Crippen LogP contribution >= 0.6 is 0 Å².